The summed E-state index contributed by atoms with van der Waals surface area (Å²) in [5.41, 5.74) is -0.614. The van der Waals surface area contributed by atoms with Gasteiger partial charge in [0.25, 0.3) is 5.91 Å². The number of carboxylic acids is 1. The zero-order chi connectivity index (χ0) is 16.0. The van der Waals surface area contributed by atoms with Crippen LogP contribution in [0.1, 0.15) is 36.5 Å². The Balaban J connectivity index is 2.50. The quantitative estimate of drug-likeness (QED) is 0.780. The number of hydrogen-bond donors (Lipinski definition) is 2. The molecule has 0 aliphatic heterocycles. The van der Waals surface area contributed by atoms with Crippen LogP contribution in [0.25, 0.3) is 0 Å². The molecular weight excluding hydrogens is 348 g/mol. The number of carbonyl (C=O) groups excluding carboxylic acids is 1. The number of nitrogens with one attached hydrogen (secondary N) is 1. The van der Waals surface area contributed by atoms with Gasteiger partial charge >= 0.3 is 5.97 Å². The first-order valence-electron chi connectivity index (χ1n) is 6.45. The SMILES string of the molecule is CC(CCNC(=O)c1c(F)cc(Br)cc1F)CCC(=O)O. The summed E-state index contributed by atoms with van der Waals surface area (Å²) in [6, 6.07) is 2.04. The van der Waals surface area contributed by atoms with E-state index in [4.69, 9.17) is 5.11 Å². The Morgan fingerprint density at radius 2 is 1.86 bits per heavy atom. The molecule has 0 saturated heterocycles. The molecule has 0 heterocycles. The van der Waals surface area contributed by atoms with Crippen molar-refractivity contribution in [3.05, 3.63) is 33.8 Å². The molecule has 1 aromatic rings. The second kappa shape index (κ2) is 8.07. The van der Waals surface area contributed by atoms with Crippen LogP contribution >= 0.6 is 15.9 Å². The Bertz CT molecular complexity index is 514. The highest BCUT2D eigenvalue weighted by Gasteiger charge is 2.18. The molecule has 0 spiro atoms. The predicted octanol–water partition coefficient (Wildman–Crippen LogP) is 3.35. The van der Waals surface area contributed by atoms with E-state index < -0.39 is 29.1 Å². The van der Waals surface area contributed by atoms with Crippen molar-refractivity contribution in [3.8, 4) is 0 Å². The number of benzene rings is 1. The third-order valence-corrected chi connectivity index (χ3v) is 3.47. The standard InChI is InChI=1S/C14H16BrF2NO3/c1-8(2-3-12(19)20)4-5-18-14(21)13-10(16)6-9(15)7-11(13)17/h6-8H,2-5H2,1H3,(H,18,21)(H,19,20). The largest absolute Gasteiger partial charge is 0.481 e. The highest BCUT2D eigenvalue weighted by atomic mass is 79.9. The molecule has 2 N–H and O–H groups in total. The summed E-state index contributed by atoms with van der Waals surface area (Å²) in [5.74, 6) is -3.45. The topological polar surface area (TPSA) is 66.4 Å². The number of carbonyl (C=O) groups is 2. The van der Waals surface area contributed by atoms with Crippen LogP contribution in [0, 0.1) is 17.6 Å². The average molecular weight is 364 g/mol. The first kappa shape index (κ1) is 17.6. The highest BCUT2D eigenvalue weighted by Crippen LogP contribution is 2.19. The van der Waals surface area contributed by atoms with E-state index in [9.17, 15) is 18.4 Å². The fourth-order valence-corrected chi connectivity index (χ4v) is 2.20. The Labute approximate surface area is 129 Å². The van der Waals surface area contributed by atoms with Crippen molar-refractivity contribution in [2.24, 2.45) is 5.92 Å². The van der Waals surface area contributed by atoms with Gasteiger partial charge in [0.05, 0.1) is 0 Å². The smallest absolute Gasteiger partial charge is 0.303 e. The van der Waals surface area contributed by atoms with Gasteiger partial charge in [-0.05, 0) is 30.9 Å². The number of carboxylic acid groups (broad SMARTS) is 1. The van der Waals surface area contributed by atoms with E-state index in [-0.39, 0.29) is 23.4 Å². The number of hydrogen-bond acceptors (Lipinski definition) is 2. The molecule has 1 unspecified atom stereocenters. The molecule has 1 amide bonds. The van der Waals surface area contributed by atoms with Crippen molar-refractivity contribution in [2.75, 3.05) is 6.54 Å². The zero-order valence-corrected chi connectivity index (χ0v) is 13.0. The maximum absolute atomic E-state index is 13.6. The van der Waals surface area contributed by atoms with E-state index in [0.29, 0.717) is 12.8 Å². The van der Waals surface area contributed by atoms with Crippen LogP contribution in [0.5, 0.6) is 0 Å². The van der Waals surface area contributed by atoms with Crippen molar-refractivity contribution < 1.29 is 23.5 Å². The Morgan fingerprint density at radius 3 is 2.38 bits per heavy atom. The van der Waals surface area contributed by atoms with Gasteiger partial charge in [-0.3, -0.25) is 9.59 Å². The van der Waals surface area contributed by atoms with Gasteiger partial charge in [0.15, 0.2) is 0 Å². The molecule has 0 radical (unpaired) electrons. The summed E-state index contributed by atoms with van der Waals surface area (Å²) in [6.07, 6.45) is 1.09. The normalized spacial score (nSPS) is 12.0. The lowest BCUT2D eigenvalue weighted by Crippen LogP contribution is -2.27. The van der Waals surface area contributed by atoms with Crippen molar-refractivity contribution >= 4 is 27.8 Å². The van der Waals surface area contributed by atoms with Crippen LogP contribution in [0.15, 0.2) is 16.6 Å². The molecule has 0 aromatic heterocycles. The molecule has 1 atom stereocenters. The van der Waals surface area contributed by atoms with Gasteiger partial charge in [-0.2, -0.15) is 0 Å². The van der Waals surface area contributed by atoms with E-state index >= 15 is 0 Å². The molecule has 7 heteroatoms. The summed E-state index contributed by atoms with van der Waals surface area (Å²) in [7, 11) is 0. The van der Waals surface area contributed by atoms with E-state index in [2.05, 4.69) is 21.2 Å². The van der Waals surface area contributed by atoms with Crippen molar-refractivity contribution in [1.82, 2.24) is 5.32 Å². The third kappa shape index (κ3) is 5.79. The zero-order valence-electron chi connectivity index (χ0n) is 11.5. The number of rotatable bonds is 7. The fraction of sp³-hybridized carbons (Fsp3) is 0.429. The molecule has 4 nitrogen and oxygen atoms in total. The molecule has 1 aromatic carbocycles. The molecule has 0 fully saturated rings. The van der Waals surface area contributed by atoms with Gasteiger partial charge in [-0.25, -0.2) is 8.78 Å². The van der Waals surface area contributed by atoms with E-state index in [0.717, 1.165) is 12.1 Å². The monoisotopic (exact) mass is 363 g/mol. The van der Waals surface area contributed by atoms with Crippen LogP contribution < -0.4 is 5.32 Å². The predicted molar refractivity (Wildman–Crippen MR) is 77.0 cm³/mol. The van der Waals surface area contributed by atoms with Crippen molar-refractivity contribution in [2.45, 2.75) is 26.2 Å². The fourth-order valence-electron chi connectivity index (χ4n) is 1.79. The number of halogens is 3. The maximum Gasteiger partial charge on any atom is 0.303 e. The van der Waals surface area contributed by atoms with E-state index in [1.54, 1.807) is 0 Å². The molecule has 21 heavy (non-hydrogen) atoms. The second-order valence-electron chi connectivity index (χ2n) is 4.83. The van der Waals surface area contributed by atoms with Gasteiger partial charge in [0, 0.05) is 17.4 Å². The second-order valence-corrected chi connectivity index (χ2v) is 5.74. The Hall–Kier alpha value is -1.50. The molecule has 1 rings (SSSR count). The number of amides is 1. The first-order valence-corrected chi connectivity index (χ1v) is 7.25. The summed E-state index contributed by atoms with van der Waals surface area (Å²) < 4.78 is 27.3. The van der Waals surface area contributed by atoms with Gasteiger partial charge in [0.2, 0.25) is 0 Å². The van der Waals surface area contributed by atoms with Gasteiger partial charge in [0.1, 0.15) is 17.2 Å². The van der Waals surface area contributed by atoms with Gasteiger partial charge in [-0.1, -0.05) is 22.9 Å². The van der Waals surface area contributed by atoms with Gasteiger partial charge < -0.3 is 10.4 Å². The van der Waals surface area contributed by atoms with Crippen LogP contribution in [-0.2, 0) is 4.79 Å². The molecule has 0 aliphatic rings. The van der Waals surface area contributed by atoms with Gasteiger partial charge in [-0.15, -0.1) is 0 Å². The lowest BCUT2D eigenvalue weighted by atomic mass is 10.0. The van der Waals surface area contributed by atoms with Crippen molar-refractivity contribution in [1.29, 1.82) is 0 Å². The summed E-state index contributed by atoms with van der Waals surface area (Å²) in [6.45, 7) is 2.09. The summed E-state index contributed by atoms with van der Waals surface area (Å²) >= 11 is 2.94. The number of aliphatic carboxylic acids is 1. The van der Waals surface area contributed by atoms with Crippen LogP contribution in [0.4, 0.5) is 8.78 Å². The first-order chi connectivity index (χ1) is 9.81. The Kier molecular flexibility index (Phi) is 6.74. The lowest BCUT2D eigenvalue weighted by Gasteiger charge is -2.11. The van der Waals surface area contributed by atoms with Crippen LogP contribution in [-0.4, -0.2) is 23.5 Å². The Morgan fingerprint density at radius 1 is 1.29 bits per heavy atom. The average Bonchev–Trinajstić information content (AvgIpc) is 2.35. The molecule has 0 saturated carbocycles. The van der Waals surface area contributed by atoms with E-state index in [1.807, 2.05) is 6.92 Å². The lowest BCUT2D eigenvalue weighted by molar-refractivity contribution is -0.137. The van der Waals surface area contributed by atoms with Crippen LogP contribution in [0.3, 0.4) is 0 Å². The molecule has 116 valence electrons. The third-order valence-electron chi connectivity index (χ3n) is 3.01. The molecular formula is C14H16BrF2NO3. The molecule has 0 bridgehead atoms. The summed E-state index contributed by atoms with van der Waals surface area (Å²) in [5, 5.41) is 11.0. The minimum Gasteiger partial charge on any atom is -0.481 e. The maximum atomic E-state index is 13.6. The van der Waals surface area contributed by atoms with Crippen LogP contribution in [0.2, 0.25) is 0 Å². The van der Waals surface area contributed by atoms with Crippen molar-refractivity contribution in [3.63, 3.8) is 0 Å². The molecule has 0 aliphatic carbocycles. The highest BCUT2D eigenvalue weighted by molar-refractivity contribution is 9.10. The van der Waals surface area contributed by atoms with E-state index in [1.165, 1.54) is 0 Å². The summed E-state index contributed by atoms with van der Waals surface area (Å²) in [4.78, 5) is 22.2. The minimum absolute atomic E-state index is 0.0606. The minimum atomic E-state index is -0.932.